The van der Waals surface area contributed by atoms with Gasteiger partial charge in [-0.2, -0.15) is 0 Å². The minimum absolute atomic E-state index is 0.195. The normalized spacial score (nSPS) is 9.62. The molecule has 0 aromatic heterocycles. The van der Waals surface area contributed by atoms with Gasteiger partial charge in [-0.15, -0.1) is 0 Å². The zero-order valence-electron chi connectivity index (χ0n) is 6.84. The van der Waals surface area contributed by atoms with E-state index < -0.39 is 5.03 Å². The van der Waals surface area contributed by atoms with Gasteiger partial charge in [0.25, 0.3) is 0 Å². The van der Waals surface area contributed by atoms with Gasteiger partial charge in [-0.05, 0) is 12.1 Å². The third-order valence-electron chi connectivity index (χ3n) is 1.58. The Bertz CT molecular complexity index is 339. The van der Waals surface area contributed by atoms with Crippen LogP contribution in [0, 0.1) is 10.1 Å². The number of aromatic hydroxyl groups is 2. The maximum absolute atomic E-state index is 10.3. The van der Waals surface area contributed by atoms with E-state index in [1.165, 1.54) is 19.2 Å². The third-order valence-corrected chi connectivity index (χ3v) is 1.58. The summed E-state index contributed by atoms with van der Waals surface area (Å²) < 4.78 is 0. The molecule has 0 saturated heterocycles. The van der Waals surface area contributed by atoms with Crippen molar-refractivity contribution in [1.82, 2.24) is 0 Å². The van der Waals surface area contributed by atoms with Crippen LogP contribution in [-0.2, 0) is 0 Å². The van der Waals surface area contributed by atoms with E-state index in [4.69, 9.17) is 10.2 Å². The predicted octanol–water partition coefficient (Wildman–Crippen LogP) is 0.726. The zero-order chi connectivity index (χ0) is 10.0. The van der Waals surface area contributed by atoms with Crippen molar-refractivity contribution in [3.63, 3.8) is 0 Å². The highest BCUT2D eigenvalue weighted by Gasteiger charge is 2.12. The van der Waals surface area contributed by atoms with Gasteiger partial charge in [-0.1, -0.05) is 5.01 Å². The first-order valence-electron chi connectivity index (χ1n) is 3.42. The van der Waals surface area contributed by atoms with E-state index in [1.54, 1.807) is 0 Å². The fraction of sp³-hybridized carbons (Fsp3) is 0.143. The van der Waals surface area contributed by atoms with Crippen LogP contribution in [0.5, 0.6) is 11.5 Å². The molecule has 0 radical (unpaired) electrons. The average Bonchev–Trinajstić information content (AvgIpc) is 2.08. The number of hydrazine groups is 1. The van der Waals surface area contributed by atoms with Crippen LogP contribution >= 0.6 is 0 Å². The van der Waals surface area contributed by atoms with Gasteiger partial charge >= 0.3 is 0 Å². The first-order chi connectivity index (χ1) is 6.02. The highest BCUT2D eigenvalue weighted by molar-refractivity contribution is 5.53. The number of nitrogens with zero attached hydrogens (tertiary/aromatic N) is 2. The summed E-state index contributed by atoms with van der Waals surface area (Å²) in [6, 6.07) is 3.63. The molecule has 0 aliphatic heterocycles. The lowest BCUT2D eigenvalue weighted by atomic mass is 10.3. The van der Waals surface area contributed by atoms with Crippen LogP contribution in [0.3, 0.4) is 0 Å². The average molecular weight is 184 g/mol. The number of nitro groups is 1. The second-order valence-corrected chi connectivity index (χ2v) is 2.43. The molecule has 0 saturated carbocycles. The summed E-state index contributed by atoms with van der Waals surface area (Å²) in [7, 11) is 1.24. The highest BCUT2D eigenvalue weighted by Crippen LogP contribution is 2.28. The summed E-state index contributed by atoms with van der Waals surface area (Å²) >= 11 is 0. The van der Waals surface area contributed by atoms with Crippen LogP contribution in [0.15, 0.2) is 18.2 Å². The molecule has 0 spiro atoms. The topological polar surface area (TPSA) is 86.8 Å². The summed E-state index contributed by atoms with van der Waals surface area (Å²) in [6.07, 6.45) is 0. The van der Waals surface area contributed by atoms with Crippen molar-refractivity contribution in [3.05, 3.63) is 28.3 Å². The second kappa shape index (κ2) is 3.18. The molecule has 0 amide bonds. The van der Waals surface area contributed by atoms with Crippen LogP contribution in [0.4, 0.5) is 5.69 Å². The van der Waals surface area contributed by atoms with Gasteiger partial charge in [0.15, 0.2) is 16.5 Å². The first-order valence-corrected chi connectivity index (χ1v) is 3.42. The van der Waals surface area contributed by atoms with E-state index >= 15 is 0 Å². The Morgan fingerprint density at radius 1 is 1.38 bits per heavy atom. The molecule has 6 nitrogen and oxygen atoms in total. The molecule has 0 atom stereocenters. The summed E-state index contributed by atoms with van der Waals surface area (Å²) in [4.78, 5) is 10.3. The molecule has 0 unspecified atom stereocenters. The van der Waals surface area contributed by atoms with Crippen LogP contribution in [-0.4, -0.2) is 22.3 Å². The minimum atomic E-state index is -0.633. The summed E-state index contributed by atoms with van der Waals surface area (Å²) in [5.74, 6) is -0.688. The molecule has 2 N–H and O–H groups in total. The Labute approximate surface area is 73.8 Å². The van der Waals surface area contributed by atoms with Crippen molar-refractivity contribution in [3.8, 4) is 11.5 Å². The van der Waals surface area contributed by atoms with Gasteiger partial charge in [0.05, 0.1) is 7.05 Å². The van der Waals surface area contributed by atoms with Gasteiger partial charge in [-0.3, -0.25) is 0 Å². The molecule has 1 aromatic rings. The molecule has 0 aliphatic carbocycles. The van der Waals surface area contributed by atoms with E-state index in [1.807, 2.05) is 0 Å². The first kappa shape index (κ1) is 9.11. The quantitative estimate of drug-likeness (QED) is 0.402. The number of hydrogen-bond donors (Lipinski definition) is 2. The van der Waals surface area contributed by atoms with Crippen molar-refractivity contribution in [2.75, 3.05) is 12.1 Å². The maximum atomic E-state index is 10.3. The van der Waals surface area contributed by atoms with Gasteiger partial charge in [0.2, 0.25) is 0 Å². The highest BCUT2D eigenvalue weighted by atomic mass is 16.7. The van der Waals surface area contributed by atoms with Crippen molar-refractivity contribution >= 4 is 5.69 Å². The number of benzene rings is 1. The Morgan fingerprint density at radius 2 is 2.00 bits per heavy atom. The third kappa shape index (κ3) is 1.78. The van der Waals surface area contributed by atoms with Crippen LogP contribution in [0.2, 0.25) is 0 Å². The molecule has 6 heteroatoms. The van der Waals surface area contributed by atoms with Gasteiger partial charge in [0.1, 0.15) is 5.69 Å². The molecule has 0 bridgehead atoms. The van der Waals surface area contributed by atoms with Gasteiger partial charge < -0.3 is 10.2 Å². The minimum Gasteiger partial charge on any atom is -0.504 e. The Balaban J connectivity index is 3.03. The molecule has 70 valence electrons. The number of anilines is 1. The fourth-order valence-corrected chi connectivity index (χ4v) is 0.807. The standard InChI is InChI=1S/C7H8N2O4/c1-8(9(12)13)5-2-3-6(10)7(11)4-5/h2-4,10-11H,1H3. The van der Waals surface area contributed by atoms with Crippen molar-refractivity contribution in [2.45, 2.75) is 0 Å². The molecular weight excluding hydrogens is 176 g/mol. The van der Waals surface area contributed by atoms with Crippen molar-refractivity contribution in [2.24, 2.45) is 0 Å². The lowest BCUT2D eigenvalue weighted by Crippen LogP contribution is -2.24. The van der Waals surface area contributed by atoms with E-state index in [-0.39, 0.29) is 17.2 Å². The molecular formula is C7H8N2O4. The van der Waals surface area contributed by atoms with Crippen molar-refractivity contribution in [1.29, 1.82) is 0 Å². The lowest BCUT2D eigenvalue weighted by molar-refractivity contribution is -0.490. The van der Waals surface area contributed by atoms with E-state index in [0.717, 1.165) is 11.1 Å². The van der Waals surface area contributed by atoms with Crippen LogP contribution in [0.1, 0.15) is 0 Å². The Hall–Kier alpha value is -1.98. The fourth-order valence-electron chi connectivity index (χ4n) is 0.807. The summed E-state index contributed by atoms with van der Waals surface area (Å²) in [5, 5.41) is 28.3. The molecule has 0 fully saturated rings. The van der Waals surface area contributed by atoms with Gasteiger partial charge in [-0.25, -0.2) is 10.1 Å². The smallest absolute Gasteiger partial charge is 0.164 e. The monoisotopic (exact) mass is 184 g/mol. The second-order valence-electron chi connectivity index (χ2n) is 2.43. The predicted molar refractivity (Wildman–Crippen MR) is 45.2 cm³/mol. The lowest BCUT2D eigenvalue weighted by Gasteiger charge is -2.08. The molecule has 0 aliphatic rings. The van der Waals surface area contributed by atoms with Crippen LogP contribution < -0.4 is 5.01 Å². The number of phenols is 2. The summed E-state index contributed by atoms with van der Waals surface area (Å²) in [6.45, 7) is 0. The molecule has 0 heterocycles. The van der Waals surface area contributed by atoms with E-state index in [2.05, 4.69) is 0 Å². The number of rotatable bonds is 2. The summed E-state index contributed by atoms with van der Waals surface area (Å²) in [5.41, 5.74) is 0.195. The van der Waals surface area contributed by atoms with Crippen LogP contribution in [0.25, 0.3) is 0 Å². The number of phenolic OH excluding ortho intramolecular Hbond substituents is 2. The molecule has 13 heavy (non-hydrogen) atoms. The van der Waals surface area contributed by atoms with E-state index in [9.17, 15) is 10.1 Å². The zero-order valence-corrected chi connectivity index (χ0v) is 6.84. The van der Waals surface area contributed by atoms with Gasteiger partial charge in [0, 0.05) is 6.07 Å². The van der Waals surface area contributed by atoms with E-state index in [0.29, 0.717) is 0 Å². The SMILES string of the molecule is CN(c1ccc(O)c(O)c1)[N+](=O)[O-]. The van der Waals surface area contributed by atoms with Crippen molar-refractivity contribution < 1.29 is 15.2 Å². The maximum Gasteiger partial charge on any atom is 0.164 e. The molecule has 1 rings (SSSR count). The Kier molecular flexibility index (Phi) is 2.23. The Morgan fingerprint density at radius 3 is 2.46 bits per heavy atom. The molecule has 1 aromatic carbocycles. The largest absolute Gasteiger partial charge is 0.504 e. The number of hydrogen-bond acceptors (Lipinski definition) is 4.